The summed E-state index contributed by atoms with van der Waals surface area (Å²) < 4.78 is 0. The van der Waals surface area contributed by atoms with Gasteiger partial charge in [-0.3, -0.25) is 0 Å². The first-order chi connectivity index (χ1) is 8.70. The number of anilines is 1. The highest BCUT2D eigenvalue weighted by Gasteiger charge is 2.43. The van der Waals surface area contributed by atoms with Gasteiger partial charge in [0.05, 0.1) is 0 Å². The number of fused-ring (bicyclic) bond motifs is 1. The number of nitrogens with one attached hydrogen (secondary N) is 2. The normalized spacial score (nSPS) is 25.2. The van der Waals surface area contributed by atoms with Crippen LogP contribution in [0.4, 0.5) is 5.69 Å². The molecule has 1 atom stereocenters. The Bertz CT molecular complexity index is 394. The van der Waals surface area contributed by atoms with Crippen LogP contribution in [-0.2, 0) is 6.42 Å². The summed E-state index contributed by atoms with van der Waals surface area (Å²) in [4.78, 5) is 0. The summed E-state index contributed by atoms with van der Waals surface area (Å²) in [6, 6.07) is 9.90. The first-order valence-corrected chi connectivity index (χ1v) is 7.32. The zero-order valence-corrected chi connectivity index (χ0v) is 11.5. The van der Waals surface area contributed by atoms with Gasteiger partial charge in [-0.25, -0.2) is 0 Å². The third-order valence-electron chi connectivity index (χ3n) is 4.51. The van der Waals surface area contributed by atoms with Crippen LogP contribution in [0.25, 0.3) is 0 Å². The van der Waals surface area contributed by atoms with Crippen LogP contribution >= 0.6 is 0 Å². The van der Waals surface area contributed by atoms with Gasteiger partial charge in [0.2, 0.25) is 0 Å². The van der Waals surface area contributed by atoms with Crippen molar-refractivity contribution in [3.63, 3.8) is 0 Å². The van der Waals surface area contributed by atoms with Crippen LogP contribution < -0.4 is 10.6 Å². The largest absolute Gasteiger partial charge is 0.380 e. The van der Waals surface area contributed by atoms with Crippen LogP contribution in [0.1, 0.15) is 45.1 Å². The number of benzene rings is 1. The van der Waals surface area contributed by atoms with E-state index >= 15 is 0 Å². The molecule has 1 aromatic rings. The van der Waals surface area contributed by atoms with Crippen LogP contribution in [-0.4, -0.2) is 17.6 Å². The van der Waals surface area contributed by atoms with E-state index < -0.39 is 0 Å². The van der Waals surface area contributed by atoms with Gasteiger partial charge < -0.3 is 10.6 Å². The smallest absolute Gasteiger partial charge is 0.0484 e. The van der Waals surface area contributed by atoms with Gasteiger partial charge in [0.25, 0.3) is 0 Å². The monoisotopic (exact) mass is 244 g/mol. The van der Waals surface area contributed by atoms with Gasteiger partial charge in [-0.15, -0.1) is 0 Å². The summed E-state index contributed by atoms with van der Waals surface area (Å²) >= 11 is 0. The fourth-order valence-electron chi connectivity index (χ4n) is 3.81. The van der Waals surface area contributed by atoms with Crippen LogP contribution in [0.2, 0.25) is 0 Å². The summed E-state index contributed by atoms with van der Waals surface area (Å²) in [5.41, 5.74) is 3.14. The number of hydrogen-bond acceptors (Lipinski definition) is 2. The zero-order valence-electron chi connectivity index (χ0n) is 11.5. The van der Waals surface area contributed by atoms with Gasteiger partial charge in [-0.05, 0) is 30.9 Å². The maximum Gasteiger partial charge on any atom is 0.0484 e. The Morgan fingerprint density at radius 3 is 2.61 bits per heavy atom. The first kappa shape index (κ1) is 12.0. The molecule has 1 heterocycles. The highest BCUT2D eigenvalue weighted by molar-refractivity contribution is 5.57. The molecule has 98 valence electrons. The Morgan fingerprint density at radius 1 is 1.22 bits per heavy atom. The molecule has 18 heavy (non-hydrogen) atoms. The van der Waals surface area contributed by atoms with Gasteiger partial charge >= 0.3 is 0 Å². The molecular weight excluding hydrogens is 220 g/mol. The van der Waals surface area contributed by atoms with E-state index in [9.17, 15) is 0 Å². The molecule has 3 rings (SSSR count). The maximum absolute atomic E-state index is 3.87. The van der Waals surface area contributed by atoms with E-state index in [1.165, 1.54) is 43.4 Å². The summed E-state index contributed by atoms with van der Waals surface area (Å²) in [6.45, 7) is 4.53. The summed E-state index contributed by atoms with van der Waals surface area (Å²) in [7, 11) is 0. The standard InChI is InChI=1S/C16H24N2/c1-12(2)18-16(9-5-6-10-16)15-11-13-7-3-4-8-14(13)17-15/h3-4,7-8,12,15,17-18H,5-6,9-11H2,1-2H3. The van der Waals surface area contributed by atoms with Crippen molar-refractivity contribution in [2.75, 3.05) is 5.32 Å². The lowest BCUT2D eigenvalue weighted by Gasteiger charge is -2.38. The topological polar surface area (TPSA) is 24.1 Å². The van der Waals surface area contributed by atoms with Crippen LogP contribution in [0.3, 0.4) is 0 Å². The van der Waals surface area contributed by atoms with Crippen molar-refractivity contribution in [1.82, 2.24) is 5.32 Å². The van der Waals surface area contributed by atoms with E-state index in [0.29, 0.717) is 17.6 Å². The van der Waals surface area contributed by atoms with Crippen LogP contribution in [0.15, 0.2) is 24.3 Å². The number of hydrogen-bond donors (Lipinski definition) is 2. The molecule has 0 amide bonds. The minimum absolute atomic E-state index is 0.313. The van der Waals surface area contributed by atoms with Gasteiger partial charge in [-0.1, -0.05) is 44.9 Å². The third-order valence-corrected chi connectivity index (χ3v) is 4.51. The van der Waals surface area contributed by atoms with E-state index in [0.717, 1.165) is 0 Å². The van der Waals surface area contributed by atoms with E-state index in [4.69, 9.17) is 0 Å². The third kappa shape index (κ3) is 2.03. The van der Waals surface area contributed by atoms with E-state index in [1.54, 1.807) is 0 Å². The molecule has 2 heteroatoms. The predicted molar refractivity (Wildman–Crippen MR) is 77.0 cm³/mol. The molecule has 0 saturated heterocycles. The van der Waals surface area contributed by atoms with Crippen LogP contribution in [0, 0.1) is 0 Å². The van der Waals surface area contributed by atoms with E-state index in [-0.39, 0.29) is 0 Å². The van der Waals surface area contributed by atoms with Crippen LogP contribution in [0.5, 0.6) is 0 Å². The van der Waals surface area contributed by atoms with Crippen molar-refractivity contribution < 1.29 is 0 Å². The quantitative estimate of drug-likeness (QED) is 0.852. The van der Waals surface area contributed by atoms with Crippen molar-refractivity contribution >= 4 is 5.69 Å². The summed E-state index contributed by atoms with van der Waals surface area (Å²) in [6.07, 6.45) is 6.55. The van der Waals surface area contributed by atoms with E-state index in [2.05, 4.69) is 48.7 Å². The molecule has 1 aliphatic carbocycles. The molecule has 0 radical (unpaired) electrons. The minimum Gasteiger partial charge on any atom is -0.380 e. The lowest BCUT2D eigenvalue weighted by atomic mass is 9.85. The van der Waals surface area contributed by atoms with Crippen molar-refractivity contribution in [2.24, 2.45) is 0 Å². The van der Waals surface area contributed by atoms with Crippen molar-refractivity contribution in [1.29, 1.82) is 0 Å². The minimum atomic E-state index is 0.313. The number of para-hydroxylation sites is 1. The highest BCUT2D eigenvalue weighted by atomic mass is 15.1. The Labute approximate surface area is 110 Å². The SMILES string of the molecule is CC(C)NC1(C2Cc3ccccc3N2)CCCC1. The molecule has 1 saturated carbocycles. The zero-order chi connectivity index (χ0) is 12.6. The second-order valence-electron chi connectivity index (χ2n) is 6.22. The summed E-state index contributed by atoms with van der Waals surface area (Å²) in [5, 5.41) is 7.63. The molecule has 0 spiro atoms. The van der Waals surface area contributed by atoms with Gasteiger partial charge in [0.15, 0.2) is 0 Å². The molecule has 2 N–H and O–H groups in total. The van der Waals surface area contributed by atoms with Crippen molar-refractivity contribution in [3.05, 3.63) is 29.8 Å². The molecule has 2 nitrogen and oxygen atoms in total. The van der Waals surface area contributed by atoms with Crippen molar-refractivity contribution in [3.8, 4) is 0 Å². The molecule has 1 aliphatic heterocycles. The summed E-state index contributed by atoms with van der Waals surface area (Å²) in [5.74, 6) is 0. The second-order valence-corrected chi connectivity index (χ2v) is 6.22. The molecule has 1 fully saturated rings. The Morgan fingerprint density at radius 2 is 1.94 bits per heavy atom. The maximum atomic E-state index is 3.87. The van der Waals surface area contributed by atoms with Crippen molar-refractivity contribution in [2.45, 2.75) is 63.6 Å². The van der Waals surface area contributed by atoms with Gasteiger partial charge in [0, 0.05) is 23.3 Å². The molecule has 1 unspecified atom stereocenters. The molecule has 2 aliphatic rings. The molecule has 0 aromatic heterocycles. The average molecular weight is 244 g/mol. The van der Waals surface area contributed by atoms with E-state index in [1.807, 2.05) is 0 Å². The molecule has 0 bridgehead atoms. The van der Waals surface area contributed by atoms with Gasteiger partial charge in [-0.2, -0.15) is 0 Å². The number of rotatable bonds is 3. The first-order valence-electron chi connectivity index (χ1n) is 7.32. The second kappa shape index (κ2) is 4.58. The molecular formula is C16H24N2. The highest BCUT2D eigenvalue weighted by Crippen LogP contribution is 2.39. The average Bonchev–Trinajstić information content (AvgIpc) is 2.94. The van der Waals surface area contributed by atoms with Gasteiger partial charge in [0.1, 0.15) is 0 Å². The lowest BCUT2D eigenvalue weighted by Crippen LogP contribution is -2.57. The Kier molecular flexibility index (Phi) is 3.06. The lowest BCUT2D eigenvalue weighted by molar-refractivity contribution is 0.266. The Hall–Kier alpha value is -1.02. The predicted octanol–water partition coefficient (Wildman–Crippen LogP) is 3.33. The fraction of sp³-hybridized carbons (Fsp3) is 0.625. The molecule has 1 aromatic carbocycles. The Balaban J connectivity index is 1.82. The fourth-order valence-corrected chi connectivity index (χ4v) is 3.81.